The molecule has 0 aliphatic rings. The van der Waals surface area contributed by atoms with Gasteiger partial charge in [-0.2, -0.15) is 0 Å². The molecule has 100 valence electrons. The summed E-state index contributed by atoms with van der Waals surface area (Å²) in [6.45, 7) is 3.35. The van der Waals surface area contributed by atoms with Crippen molar-refractivity contribution in [1.82, 2.24) is 9.97 Å². The van der Waals surface area contributed by atoms with E-state index in [0.29, 0.717) is 13.1 Å². The fourth-order valence-electron chi connectivity index (χ4n) is 1.80. The molecule has 0 bridgehead atoms. The summed E-state index contributed by atoms with van der Waals surface area (Å²) in [7, 11) is 1.99. The lowest BCUT2D eigenvalue weighted by Gasteiger charge is -2.19. The van der Waals surface area contributed by atoms with Crippen LogP contribution in [0.15, 0.2) is 36.7 Å². The number of nitrogens with one attached hydrogen (secondary N) is 1. The van der Waals surface area contributed by atoms with Crippen molar-refractivity contribution in [3.05, 3.63) is 42.2 Å². The molecule has 0 atom stereocenters. The predicted octanol–water partition coefficient (Wildman–Crippen LogP) is 1.92. The van der Waals surface area contributed by atoms with Crippen LogP contribution in [0.3, 0.4) is 0 Å². The van der Waals surface area contributed by atoms with Crippen LogP contribution in [0.2, 0.25) is 0 Å². The van der Waals surface area contributed by atoms with Crippen LogP contribution in [0.1, 0.15) is 5.56 Å². The van der Waals surface area contributed by atoms with Gasteiger partial charge in [0.1, 0.15) is 18.0 Å². The summed E-state index contributed by atoms with van der Waals surface area (Å²) in [5, 5.41) is 3.15. The average Bonchev–Trinajstić information content (AvgIpc) is 2.44. The summed E-state index contributed by atoms with van der Waals surface area (Å²) in [4.78, 5) is 10.5. The van der Waals surface area contributed by atoms with E-state index < -0.39 is 0 Å². The Kier molecular flexibility index (Phi) is 4.30. The zero-order chi connectivity index (χ0) is 13.7. The lowest BCUT2D eigenvalue weighted by molar-refractivity contribution is 0.998. The van der Waals surface area contributed by atoms with E-state index in [9.17, 15) is 0 Å². The number of nitrogens with zero attached hydrogens (tertiary/aromatic N) is 3. The molecule has 0 amide bonds. The van der Waals surface area contributed by atoms with Crippen LogP contribution in [0, 0.1) is 6.92 Å². The Balaban J connectivity index is 2.21. The Morgan fingerprint density at radius 3 is 2.84 bits per heavy atom. The van der Waals surface area contributed by atoms with Crippen molar-refractivity contribution in [3.8, 4) is 0 Å². The lowest BCUT2D eigenvalue weighted by atomic mass is 10.2. The van der Waals surface area contributed by atoms with Gasteiger partial charge in [0.05, 0.1) is 0 Å². The van der Waals surface area contributed by atoms with Gasteiger partial charge in [-0.1, -0.05) is 12.1 Å². The first-order valence-electron chi connectivity index (χ1n) is 6.27. The van der Waals surface area contributed by atoms with E-state index in [-0.39, 0.29) is 0 Å². The van der Waals surface area contributed by atoms with Gasteiger partial charge in [0.25, 0.3) is 0 Å². The number of hydrogen-bond acceptors (Lipinski definition) is 5. The predicted molar refractivity (Wildman–Crippen MR) is 78.8 cm³/mol. The number of nitrogens with two attached hydrogens (primary N) is 1. The molecule has 0 saturated carbocycles. The SMILES string of the molecule is Cc1cccc(N(C)c2cc(NCCN)ncn2)c1. The van der Waals surface area contributed by atoms with Gasteiger partial charge in [0, 0.05) is 31.9 Å². The molecular weight excluding hydrogens is 238 g/mol. The topological polar surface area (TPSA) is 67.1 Å². The second-order valence-corrected chi connectivity index (χ2v) is 4.37. The van der Waals surface area contributed by atoms with Crippen LogP contribution in [-0.2, 0) is 0 Å². The summed E-state index contributed by atoms with van der Waals surface area (Å²) in [5.41, 5.74) is 7.79. The van der Waals surface area contributed by atoms with Gasteiger partial charge in [-0.3, -0.25) is 0 Å². The van der Waals surface area contributed by atoms with Crippen molar-refractivity contribution in [3.63, 3.8) is 0 Å². The zero-order valence-corrected chi connectivity index (χ0v) is 11.3. The molecule has 2 aromatic rings. The maximum absolute atomic E-state index is 5.47. The van der Waals surface area contributed by atoms with Crippen molar-refractivity contribution >= 4 is 17.3 Å². The molecule has 0 unspecified atom stereocenters. The van der Waals surface area contributed by atoms with Gasteiger partial charge in [-0.05, 0) is 24.6 Å². The van der Waals surface area contributed by atoms with E-state index in [1.54, 1.807) is 6.33 Å². The van der Waals surface area contributed by atoms with Crippen molar-refractivity contribution in [2.45, 2.75) is 6.92 Å². The summed E-state index contributed by atoms with van der Waals surface area (Å²) in [6, 6.07) is 10.2. The standard InChI is InChI=1S/C14H19N5/c1-11-4-3-5-12(8-11)19(2)14-9-13(16-7-6-15)17-10-18-14/h3-5,8-10H,6-7,15H2,1-2H3,(H,16,17,18). The Bertz CT molecular complexity index is 541. The minimum atomic E-state index is 0.576. The van der Waals surface area contributed by atoms with Gasteiger partial charge >= 0.3 is 0 Å². The highest BCUT2D eigenvalue weighted by atomic mass is 15.2. The molecule has 5 heteroatoms. The molecule has 0 aliphatic heterocycles. The molecule has 0 radical (unpaired) electrons. The van der Waals surface area contributed by atoms with E-state index in [1.807, 2.05) is 24.1 Å². The highest BCUT2D eigenvalue weighted by Gasteiger charge is 2.06. The molecule has 1 aromatic heterocycles. The van der Waals surface area contributed by atoms with Crippen molar-refractivity contribution < 1.29 is 0 Å². The van der Waals surface area contributed by atoms with E-state index in [1.165, 1.54) is 5.56 Å². The number of anilines is 3. The number of hydrogen-bond donors (Lipinski definition) is 2. The van der Waals surface area contributed by atoms with E-state index in [0.717, 1.165) is 17.3 Å². The van der Waals surface area contributed by atoms with E-state index in [4.69, 9.17) is 5.73 Å². The summed E-state index contributed by atoms with van der Waals surface area (Å²) >= 11 is 0. The molecule has 2 rings (SSSR count). The monoisotopic (exact) mass is 257 g/mol. The van der Waals surface area contributed by atoms with Crippen LogP contribution in [0.25, 0.3) is 0 Å². The number of aromatic nitrogens is 2. The number of benzene rings is 1. The summed E-state index contributed by atoms with van der Waals surface area (Å²) in [5.74, 6) is 1.63. The summed E-state index contributed by atoms with van der Waals surface area (Å²) in [6.07, 6.45) is 1.56. The second kappa shape index (κ2) is 6.15. The van der Waals surface area contributed by atoms with Crippen LogP contribution in [-0.4, -0.2) is 30.1 Å². The van der Waals surface area contributed by atoms with Gasteiger partial charge in [0.2, 0.25) is 0 Å². The first-order valence-corrected chi connectivity index (χ1v) is 6.27. The van der Waals surface area contributed by atoms with Crippen molar-refractivity contribution in [1.29, 1.82) is 0 Å². The highest BCUT2D eigenvalue weighted by Crippen LogP contribution is 2.23. The lowest BCUT2D eigenvalue weighted by Crippen LogP contribution is -2.15. The fourth-order valence-corrected chi connectivity index (χ4v) is 1.80. The normalized spacial score (nSPS) is 10.3. The Labute approximate surface area is 113 Å². The van der Waals surface area contributed by atoms with Crippen LogP contribution < -0.4 is 16.0 Å². The zero-order valence-electron chi connectivity index (χ0n) is 11.3. The van der Waals surface area contributed by atoms with Gasteiger partial charge in [0.15, 0.2) is 0 Å². The van der Waals surface area contributed by atoms with Gasteiger partial charge in [-0.15, -0.1) is 0 Å². The largest absolute Gasteiger partial charge is 0.369 e. The number of rotatable bonds is 5. The fraction of sp³-hybridized carbons (Fsp3) is 0.286. The molecule has 5 nitrogen and oxygen atoms in total. The molecule has 1 heterocycles. The molecular formula is C14H19N5. The van der Waals surface area contributed by atoms with Crippen molar-refractivity contribution in [2.24, 2.45) is 5.73 Å². The molecule has 0 fully saturated rings. The van der Waals surface area contributed by atoms with Gasteiger partial charge in [-0.25, -0.2) is 9.97 Å². The number of aryl methyl sites for hydroxylation is 1. The molecule has 1 aromatic carbocycles. The van der Waals surface area contributed by atoms with E-state index in [2.05, 4.69) is 40.4 Å². The quantitative estimate of drug-likeness (QED) is 0.856. The molecule has 0 saturated heterocycles. The highest BCUT2D eigenvalue weighted by molar-refractivity contribution is 5.62. The minimum Gasteiger partial charge on any atom is -0.369 e. The van der Waals surface area contributed by atoms with E-state index >= 15 is 0 Å². The van der Waals surface area contributed by atoms with Crippen molar-refractivity contribution in [2.75, 3.05) is 30.4 Å². The maximum atomic E-state index is 5.47. The van der Waals surface area contributed by atoms with Crippen LogP contribution >= 0.6 is 0 Å². The third kappa shape index (κ3) is 3.42. The molecule has 3 N–H and O–H groups in total. The molecule has 19 heavy (non-hydrogen) atoms. The van der Waals surface area contributed by atoms with Gasteiger partial charge < -0.3 is 16.0 Å². The molecule has 0 spiro atoms. The van der Waals surface area contributed by atoms with Crippen LogP contribution in [0.4, 0.5) is 17.3 Å². The maximum Gasteiger partial charge on any atom is 0.138 e. The molecule has 0 aliphatic carbocycles. The first-order chi connectivity index (χ1) is 9.20. The summed E-state index contributed by atoms with van der Waals surface area (Å²) < 4.78 is 0. The Morgan fingerprint density at radius 1 is 1.26 bits per heavy atom. The Hall–Kier alpha value is -2.14. The third-order valence-electron chi connectivity index (χ3n) is 2.84. The average molecular weight is 257 g/mol. The van der Waals surface area contributed by atoms with Crippen LogP contribution in [0.5, 0.6) is 0 Å². The second-order valence-electron chi connectivity index (χ2n) is 4.37. The third-order valence-corrected chi connectivity index (χ3v) is 2.84. The Morgan fingerprint density at radius 2 is 2.11 bits per heavy atom. The minimum absolute atomic E-state index is 0.576. The smallest absolute Gasteiger partial charge is 0.138 e. The first kappa shape index (κ1) is 13.3.